The molecule has 2 rings (SSSR count). The van der Waals surface area contributed by atoms with Crippen LogP contribution in [0.2, 0.25) is 0 Å². The molecule has 0 aromatic heterocycles. The van der Waals surface area contributed by atoms with Crippen molar-refractivity contribution in [3.05, 3.63) is 23.8 Å². The summed E-state index contributed by atoms with van der Waals surface area (Å²) in [5, 5.41) is 0. The predicted molar refractivity (Wildman–Crippen MR) is 84.6 cm³/mol. The van der Waals surface area contributed by atoms with Crippen molar-refractivity contribution < 1.29 is 23.8 Å². The SMILES string of the molecule is CCCCCN(CCC(=O)OC)C(=O)c1ccc2c(c1)OCO2. The van der Waals surface area contributed by atoms with Crippen LogP contribution in [0.15, 0.2) is 18.2 Å². The molecule has 1 amide bonds. The highest BCUT2D eigenvalue weighted by atomic mass is 16.7. The Kier molecular flexibility index (Phi) is 6.26. The van der Waals surface area contributed by atoms with Crippen LogP contribution in [0.4, 0.5) is 0 Å². The van der Waals surface area contributed by atoms with Crippen LogP contribution in [0.3, 0.4) is 0 Å². The van der Waals surface area contributed by atoms with E-state index in [4.69, 9.17) is 9.47 Å². The first-order valence-electron chi connectivity index (χ1n) is 7.91. The number of unbranched alkanes of at least 4 members (excludes halogenated alkanes) is 2. The molecule has 0 bridgehead atoms. The third-order valence-electron chi connectivity index (χ3n) is 3.75. The number of esters is 1. The number of carbonyl (C=O) groups is 2. The number of hydrogen-bond donors (Lipinski definition) is 0. The maximum Gasteiger partial charge on any atom is 0.307 e. The summed E-state index contributed by atoms with van der Waals surface area (Å²) in [5.74, 6) is 0.804. The second kappa shape index (κ2) is 8.41. The van der Waals surface area contributed by atoms with E-state index in [-0.39, 0.29) is 25.1 Å². The molecular formula is C17H23NO5. The first-order chi connectivity index (χ1) is 11.2. The molecule has 1 aliphatic heterocycles. The number of methoxy groups -OCH3 is 1. The fourth-order valence-corrected chi connectivity index (χ4v) is 2.41. The fourth-order valence-electron chi connectivity index (χ4n) is 2.41. The summed E-state index contributed by atoms with van der Waals surface area (Å²) in [6.07, 6.45) is 3.22. The Hall–Kier alpha value is -2.24. The number of hydrogen-bond acceptors (Lipinski definition) is 5. The summed E-state index contributed by atoms with van der Waals surface area (Å²) in [6.45, 7) is 3.26. The lowest BCUT2D eigenvalue weighted by Crippen LogP contribution is -2.34. The molecule has 0 radical (unpaired) electrons. The Morgan fingerprint density at radius 3 is 2.70 bits per heavy atom. The maximum atomic E-state index is 12.7. The zero-order valence-corrected chi connectivity index (χ0v) is 13.7. The molecule has 1 aliphatic rings. The van der Waals surface area contributed by atoms with Crippen LogP contribution in [0.5, 0.6) is 11.5 Å². The zero-order chi connectivity index (χ0) is 16.7. The lowest BCUT2D eigenvalue weighted by atomic mass is 10.1. The molecule has 0 aliphatic carbocycles. The minimum atomic E-state index is -0.316. The third kappa shape index (κ3) is 4.61. The first kappa shape index (κ1) is 17.1. The van der Waals surface area contributed by atoms with E-state index in [0.717, 1.165) is 19.3 Å². The Morgan fingerprint density at radius 2 is 1.96 bits per heavy atom. The highest BCUT2D eigenvalue weighted by Crippen LogP contribution is 2.32. The highest BCUT2D eigenvalue weighted by Gasteiger charge is 2.20. The van der Waals surface area contributed by atoms with Crippen molar-refractivity contribution in [1.29, 1.82) is 0 Å². The molecule has 0 saturated heterocycles. The molecule has 0 spiro atoms. The van der Waals surface area contributed by atoms with Crippen LogP contribution in [0.25, 0.3) is 0 Å². The number of amides is 1. The molecule has 0 atom stereocenters. The lowest BCUT2D eigenvalue weighted by molar-refractivity contribution is -0.140. The summed E-state index contributed by atoms with van der Waals surface area (Å²) in [4.78, 5) is 25.8. The third-order valence-corrected chi connectivity index (χ3v) is 3.75. The van der Waals surface area contributed by atoms with E-state index >= 15 is 0 Å². The quantitative estimate of drug-likeness (QED) is 0.544. The van der Waals surface area contributed by atoms with Gasteiger partial charge >= 0.3 is 5.97 Å². The van der Waals surface area contributed by atoms with Crippen LogP contribution in [0, 0.1) is 0 Å². The Morgan fingerprint density at radius 1 is 1.17 bits per heavy atom. The number of carbonyl (C=O) groups excluding carboxylic acids is 2. The molecule has 126 valence electrons. The van der Waals surface area contributed by atoms with Gasteiger partial charge in [0.1, 0.15) is 0 Å². The van der Waals surface area contributed by atoms with E-state index in [0.29, 0.717) is 30.2 Å². The van der Waals surface area contributed by atoms with Gasteiger partial charge in [0.2, 0.25) is 6.79 Å². The van der Waals surface area contributed by atoms with Crippen molar-refractivity contribution in [2.75, 3.05) is 27.0 Å². The zero-order valence-electron chi connectivity index (χ0n) is 13.7. The molecule has 1 heterocycles. The Bertz CT molecular complexity index is 558. The van der Waals surface area contributed by atoms with Gasteiger partial charge < -0.3 is 19.1 Å². The van der Waals surface area contributed by atoms with Gasteiger partial charge in [-0.05, 0) is 24.6 Å². The Balaban J connectivity index is 2.06. The predicted octanol–water partition coefficient (Wildman–Crippen LogP) is 2.61. The highest BCUT2D eigenvalue weighted by molar-refractivity contribution is 5.95. The number of ether oxygens (including phenoxy) is 3. The van der Waals surface area contributed by atoms with Crippen LogP contribution in [-0.4, -0.2) is 43.8 Å². The summed E-state index contributed by atoms with van der Waals surface area (Å²) in [5.41, 5.74) is 0.538. The van der Waals surface area contributed by atoms with E-state index in [1.165, 1.54) is 7.11 Å². The number of nitrogens with zero attached hydrogens (tertiary/aromatic N) is 1. The molecule has 23 heavy (non-hydrogen) atoms. The van der Waals surface area contributed by atoms with Gasteiger partial charge in [-0.2, -0.15) is 0 Å². The summed E-state index contributed by atoms with van der Waals surface area (Å²) in [6, 6.07) is 5.15. The number of benzene rings is 1. The summed E-state index contributed by atoms with van der Waals surface area (Å²) in [7, 11) is 1.35. The van der Waals surface area contributed by atoms with Crippen LogP contribution in [0.1, 0.15) is 43.0 Å². The van der Waals surface area contributed by atoms with Crippen LogP contribution >= 0.6 is 0 Å². The van der Waals surface area contributed by atoms with E-state index in [1.807, 2.05) is 0 Å². The molecule has 6 nitrogen and oxygen atoms in total. The number of fused-ring (bicyclic) bond motifs is 1. The van der Waals surface area contributed by atoms with Gasteiger partial charge in [0.05, 0.1) is 13.5 Å². The normalized spacial score (nSPS) is 12.1. The largest absolute Gasteiger partial charge is 0.469 e. The standard InChI is InChI=1S/C17H23NO5/c1-3-4-5-9-18(10-8-16(19)21-2)17(20)13-6-7-14-15(11-13)23-12-22-14/h6-7,11H,3-5,8-10,12H2,1-2H3. The van der Waals surface area contributed by atoms with Crippen molar-refractivity contribution in [3.8, 4) is 11.5 Å². The lowest BCUT2D eigenvalue weighted by Gasteiger charge is -2.22. The molecule has 0 saturated carbocycles. The van der Waals surface area contributed by atoms with E-state index in [9.17, 15) is 9.59 Å². The molecular weight excluding hydrogens is 298 g/mol. The smallest absolute Gasteiger partial charge is 0.307 e. The second-order valence-electron chi connectivity index (χ2n) is 5.39. The van der Waals surface area contributed by atoms with Crippen molar-refractivity contribution in [1.82, 2.24) is 4.90 Å². The monoisotopic (exact) mass is 321 g/mol. The van der Waals surface area contributed by atoms with Gasteiger partial charge in [-0.1, -0.05) is 19.8 Å². The fraction of sp³-hybridized carbons (Fsp3) is 0.529. The molecule has 1 aromatic carbocycles. The van der Waals surface area contributed by atoms with Crippen molar-refractivity contribution >= 4 is 11.9 Å². The molecule has 6 heteroatoms. The maximum absolute atomic E-state index is 12.7. The van der Waals surface area contributed by atoms with Gasteiger partial charge in [0.25, 0.3) is 5.91 Å². The Labute approximate surface area is 136 Å². The van der Waals surface area contributed by atoms with Crippen molar-refractivity contribution in [2.24, 2.45) is 0 Å². The van der Waals surface area contributed by atoms with E-state index in [1.54, 1.807) is 23.1 Å². The van der Waals surface area contributed by atoms with Crippen LogP contribution < -0.4 is 9.47 Å². The van der Waals surface area contributed by atoms with Crippen molar-refractivity contribution in [3.63, 3.8) is 0 Å². The van der Waals surface area contributed by atoms with Gasteiger partial charge in [-0.15, -0.1) is 0 Å². The first-order valence-corrected chi connectivity index (χ1v) is 7.91. The van der Waals surface area contributed by atoms with Gasteiger partial charge in [-0.25, -0.2) is 0 Å². The minimum Gasteiger partial charge on any atom is -0.469 e. The van der Waals surface area contributed by atoms with Crippen LogP contribution in [-0.2, 0) is 9.53 Å². The van der Waals surface area contributed by atoms with E-state index < -0.39 is 0 Å². The topological polar surface area (TPSA) is 65.1 Å². The second-order valence-corrected chi connectivity index (χ2v) is 5.39. The average molecular weight is 321 g/mol. The molecule has 0 fully saturated rings. The average Bonchev–Trinajstić information content (AvgIpc) is 3.04. The van der Waals surface area contributed by atoms with Crippen molar-refractivity contribution in [2.45, 2.75) is 32.6 Å². The van der Waals surface area contributed by atoms with Gasteiger partial charge in [-0.3, -0.25) is 9.59 Å². The summed E-state index contributed by atoms with van der Waals surface area (Å²) < 4.78 is 15.2. The summed E-state index contributed by atoms with van der Waals surface area (Å²) >= 11 is 0. The molecule has 1 aromatic rings. The van der Waals surface area contributed by atoms with Gasteiger partial charge in [0.15, 0.2) is 11.5 Å². The number of rotatable bonds is 8. The van der Waals surface area contributed by atoms with E-state index in [2.05, 4.69) is 11.7 Å². The van der Waals surface area contributed by atoms with Gasteiger partial charge in [0, 0.05) is 18.7 Å². The minimum absolute atomic E-state index is 0.108. The molecule has 0 N–H and O–H groups in total. The molecule has 0 unspecified atom stereocenters.